The van der Waals surface area contributed by atoms with E-state index in [-0.39, 0.29) is 0 Å². The molecular weight excluding hydrogens is 436 g/mol. The van der Waals surface area contributed by atoms with E-state index in [0.717, 1.165) is 16.7 Å². The van der Waals surface area contributed by atoms with Crippen molar-refractivity contribution in [1.29, 1.82) is 0 Å². The van der Waals surface area contributed by atoms with Crippen molar-refractivity contribution in [2.24, 2.45) is 0 Å². The van der Waals surface area contributed by atoms with E-state index in [1.165, 1.54) is 4.31 Å². The van der Waals surface area contributed by atoms with E-state index in [0.29, 0.717) is 49.2 Å². The van der Waals surface area contributed by atoms with Crippen LogP contribution in [0, 0.1) is 0 Å². The zero-order chi connectivity index (χ0) is 23.7. The lowest BCUT2D eigenvalue weighted by Gasteiger charge is -2.18. The van der Waals surface area contributed by atoms with Gasteiger partial charge in [-0.05, 0) is 41.0 Å². The third kappa shape index (κ3) is 6.57. The van der Waals surface area contributed by atoms with Crippen LogP contribution in [0.1, 0.15) is 30.5 Å². The number of methoxy groups -OCH3 is 1. The van der Waals surface area contributed by atoms with E-state index in [4.69, 9.17) is 9.47 Å². The molecule has 0 aliphatic heterocycles. The molecule has 0 aromatic heterocycles. The summed E-state index contributed by atoms with van der Waals surface area (Å²) in [5.41, 5.74) is 3.18. The molecule has 3 aromatic carbocycles. The highest BCUT2D eigenvalue weighted by atomic mass is 32.2. The molecule has 0 radical (unpaired) electrons. The Bertz CT molecular complexity index is 1110. The predicted octanol–water partition coefficient (Wildman–Crippen LogP) is 4.59. The van der Waals surface area contributed by atoms with Crippen molar-refractivity contribution in [3.8, 4) is 11.5 Å². The summed E-state index contributed by atoms with van der Waals surface area (Å²) in [4.78, 5) is 0.324. The fourth-order valence-corrected chi connectivity index (χ4v) is 4.98. The first-order valence-corrected chi connectivity index (χ1v) is 12.5. The number of ether oxygens (including phenoxy) is 2. The average Bonchev–Trinajstić information content (AvgIpc) is 2.84. The number of nitrogens with zero attached hydrogens (tertiary/aromatic N) is 1. The van der Waals surface area contributed by atoms with E-state index in [1.807, 2.05) is 74.5 Å². The fourth-order valence-electron chi connectivity index (χ4n) is 3.52. The van der Waals surface area contributed by atoms with Crippen molar-refractivity contribution in [2.75, 3.05) is 20.2 Å². The van der Waals surface area contributed by atoms with Gasteiger partial charge in [0.25, 0.3) is 0 Å². The highest BCUT2D eigenvalue weighted by Gasteiger charge is 2.21. The maximum Gasteiger partial charge on any atom is 0.243 e. The van der Waals surface area contributed by atoms with Gasteiger partial charge in [-0.2, -0.15) is 4.31 Å². The van der Waals surface area contributed by atoms with E-state index in [9.17, 15) is 8.42 Å². The molecule has 3 rings (SSSR count). The summed E-state index contributed by atoms with van der Waals surface area (Å²) < 4.78 is 38.1. The minimum Gasteiger partial charge on any atom is -0.493 e. The van der Waals surface area contributed by atoms with Gasteiger partial charge in [0.15, 0.2) is 11.5 Å². The third-order valence-electron chi connectivity index (χ3n) is 5.39. The van der Waals surface area contributed by atoms with Gasteiger partial charge in [-0.1, -0.05) is 62.4 Å². The summed E-state index contributed by atoms with van der Waals surface area (Å²) in [6, 6.07) is 22.9. The SMILES string of the molecule is CCN(CC)S(=O)(=O)c1ccc(CNCc2ccc(OC)c(OCc3ccccc3)c2)cc1. The van der Waals surface area contributed by atoms with Gasteiger partial charge in [0.05, 0.1) is 12.0 Å². The Labute approximate surface area is 197 Å². The van der Waals surface area contributed by atoms with E-state index in [1.54, 1.807) is 19.2 Å². The number of rotatable bonds is 12. The monoisotopic (exact) mass is 468 g/mol. The zero-order valence-corrected chi connectivity index (χ0v) is 20.3. The molecular formula is C26H32N2O4S. The van der Waals surface area contributed by atoms with Crippen LogP contribution in [0.15, 0.2) is 77.7 Å². The van der Waals surface area contributed by atoms with Crippen LogP contribution in [-0.2, 0) is 29.7 Å². The summed E-state index contributed by atoms with van der Waals surface area (Å²) in [5.74, 6) is 1.39. The standard InChI is InChI=1S/C26H32N2O4S/c1-4-28(5-2)33(29,30)24-14-11-21(12-15-24)18-27-19-23-13-16-25(31-3)26(17-23)32-20-22-9-7-6-8-10-22/h6-17,27H,4-5,18-20H2,1-3H3. The van der Waals surface area contributed by atoms with E-state index in [2.05, 4.69) is 5.32 Å². The molecule has 176 valence electrons. The minimum absolute atomic E-state index is 0.324. The molecule has 3 aromatic rings. The quantitative estimate of drug-likeness (QED) is 0.421. The van der Waals surface area contributed by atoms with Gasteiger partial charge in [0, 0.05) is 26.2 Å². The Morgan fingerprint density at radius 3 is 2.06 bits per heavy atom. The molecule has 0 saturated heterocycles. The summed E-state index contributed by atoms with van der Waals surface area (Å²) in [6.07, 6.45) is 0. The first kappa shape index (κ1) is 24.8. The second kappa shape index (κ2) is 11.8. The molecule has 0 amide bonds. The maximum absolute atomic E-state index is 12.6. The van der Waals surface area contributed by atoms with Crippen LogP contribution >= 0.6 is 0 Å². The Kier molecular flexibility index (Phi) is 8.88. The summed E-state index contributed by atoms with van der Waals surface area (Å²) in [6.45, 7) is 6.34. The lowest BCUT2D eigenvalue weighted by molar-refractivity contribution is 0.284. The van der Waals surface area contributed by atoms with E-state index < -0.39 is 10.0 Å². The van der Waals surface area contributed by atoms with Gasteiger partial charge in [0.1, 0.15) is 6.61 Å². The first-order valence-electron chi connectivity index (χ1n) is 11.1. The lowest BCUT2D eigenvalue weighted by atomic mass is 10.2. The Hall–Kier alpha value is -2.87. The maximum atomic E-state index is 12.6. The Balaban J connectivity index is 1.59. The zero-order valence-electron chi connectivity index (χ0n) is 19.5. The average molecular weight is 469 g/mol. The third-order valence-corrected chi connectivity index (χ3v) is 7.45. The number of nitrogens with one attached hydrogen (secondary N) is 1. The summed E-state index contributed by atoms with van der Waals surface area (Å²) in [5, 5.41) is 3.40. The number of hydrogen-bond donors (Lipinski definition) is 1. The van der Waals surface area contributed by atoms with Crippen molar-refractivity contribution >= 4 is 10.0 Å². The second-order valence-corrected chi connectivity index (χ2v) is 9.53. The molecule has 0 unspecified atom stereocenters. The van der Waals surface area contributed by atoms with Gasteiger partial charge < -0.3 is 14.8 Å². The molecule has 33 heavy (non-hydrogen) atoms. The highest BCUT2D eigenvalue weighted by Crippen LogP contribution is 2.29. The topological polar surface area (TPSA) is 67.9 Å². The fraction of sp³-hybridized carbons (Fsp3) is 0.308. The summed E-state index contributed by atoms with van der Waals surface area (Å²) in [7, 11) is -1.80. The molecule has 0 atom stereocenters. The van der Waals surface area contributed by atoms with Crippen LogP contribution in [0.5, 0.6) is 11.5 Å². The van der Waals surface area contributed by atoms with Crippen molar-refractivity contribution in [3.63, 3.8) is 0 Å². The van der Waals surface area contributed by atoms with E-state index >= 15 is 0 Å². The molecule has 0 spiro atoms. The van der Waals surface area contributed by atoms with Gasteiger partial charge in [0.2, 0.25) is 10.0 Å². The Morgan fingerprint density at radius 2 is 1.42 bits per heavy atom. The molecule has 0 aliphatic carbocycles. The molecule has 0 heterocycles. The van der Waals surface area contributed by atoms with Crippen LogP contribution < -0.4 is 14.8 Å². The predicted molar refractivity (Wildman–Crippen MR) is 131 cm³/mol. The highest BCUT2D eigenvalue weighted by molar-refractivity contribution is 7.89. The van der Waals surface area contributed by atoms with Crippen LogP contribution in [0.3, 0.4) is 0 Å². The number of sulfonamides is 1. The molecule has 0 bridgehead atoms. The first-order chi connectivity index (χ1) is 16.0. The van der Waals surface area contributed by atoms with Crippen LogP contribution in [0.2, 0.25) is 0 Å². The van der Waals surface area contributed by atoms with Crippen LogP contribution in [-0.4, -0.2) is 32.9 Å². The molecule has 6 nitrogen and oxygen atoms in total. The van der Waals surface area contributed by atoms with Gasteiger partial charge in [-0.15, -0.1) is 0 Å². The summed E-state index contributed by atoms with van der Waals surface area (Å²) >= 11 is 0. The molecule has 7 heteroatoms. The smallest absolute Gasteiger partial charge is 0.243 e. The molecule has 1 N–H and O–H groups in total. The van der Waals surface area contributed by atoms with Crippen molar-refractivity contribution in [2.45, 2.75) is 38.4 Å². The second-order valence-electron chi connectivity index (χ2n) is 7.60. The van der Waals surface area contributed by atoms with Crippen molar-refractivity contribution in [1.82, 2.24) is 9.62 Å². The largest absolute Gasteiger partial charge is 0.493 e. The van der Waals surface area contributed by atoms with Crippen molar-refractivity contribution < 1.29 is 17.9 Å². The van der Waals surface area contributed by atoms with Gasteiger partial charge >= 0.3 is 0 Å². The minimum atomic E-state index is -3.43. The number of hydrogen-bond acceptors (Lipinski definition) is 5. The van der Waals surface area contributed by atoms with Crippen LogP contribution in [0.4, 0.5) is 0 Å². The van der Waals surface area contributed by atoms with Crippen LogP contribution in [0.25, 0.3) is 0 Å². The lowest BCUT2D eigenvalue weighted by Crippen LogP contribution is -2.30. The normalized spacial score (nSPS) is 11.5. The van der Waals surface area contributed by atoms with Gasteiger partial charge in [-0.3, -0.25) is 0 Å². The molecule has 0 fully saturated rings. The molecule has 0 saturated carbocycles. The van der Waals surface area contributed by atoms with Gasteiger partial charge in [-0.25, -0.2) is 8.42 Å². The number of benzene rings is 3. The Morgan fingerprint density at radius 1 is 0.788 bits per heavy atom. The molecule has 0 aliphatic rings. The van der Waals surface area contributed by atoms with Crippen molar-refractivity contribution in [3.05, 3.63) is 89.5 Å².